The van der Waals surface area contributed by atoms with Gasteiger partial charge in [0.15, 0.2) is 23.6 Å². The van der Waals surface area contributed by atoms with Crippen molar-refractivity contribution in [3.8, 4) is 17.0 Å². The zero-order valence-corrected chi connectivity index (χ0v) is 26.1. The van der Waals surface area contributed by atoms with E-state index in [0.717, 1.165) is 32.5 Å². The first-order chi connectivity index (χ1) is 21.6. The third-order valence-corrected chi connectivity index (χ3v) is 8.89. The average molecular weight is 646 g/mol. The lowest BCUT2D eigenvalue weighted by molar-refractivity contribution is -0.138. The van der Waals surface area contributed by atoms with Gasteiger partial charge in [-0.1, -0.05) is 11.6 Å². The smallest absolute Gasteiger partial charge is 0.255 e. The molecule has 3 aromatic rings. The summed E-state index contributed by atoms with van der Waals surface area (Å²) < 4.78 is 35.2. The number of ether oxygens (including phenoxy) is 1. The van der Waals surface area contributed by atoms with Gasteiger partial charge in [-0.05, 0) is 56.3 Å². The van der Waals surface area contributed by atoms with Gasteiger partial charge in [0.05, 0.1) is 29.6 Å². The fourth-order valence-electron chi connectivity index (χ4n) is 5.96. The highest BCUT2D eigenvalue weighted by Gasteiger charge is 2.32. The number of likely N-dealkylation sites (tertiary alicyclic amines) is 1. The number of benzene rings is 2. The molecule has 2 saturated heterocycles. The summed E-state index contributed by atoms with van der Waals surface area (Å²) in [6, 6.07) is 7.40. The Labute approximate surface area is 265 Å². The van der Waals surface area contributed by atoms with Crippen LogP contribution in [0.25, 0.3) is 11.3 Å². The Hall–Kier alpha value is -3.78. The number of halogens is 3. The Kier molecular flexibility index (Phi) is 10.2. The van der Waals surface area contributed by atoms with Crippen molar-refractivity contribution in [2.75, 3.05) is 64.8 Å². The summed E-state index contributed by atoms with van der Waals surface area (Å²) >= 11 is 6.51. The zero-order chi connectivity index (χ0) is 32.2. The molecule has 2 aromatic carbocycles. The van der Waals surface area contributed by atoms with Crippen molar-refractivity contribution in [3.05, 3.63) is 64.6 Å². The van der Waals surface area contributed by atoms with Crippen molar-refractivity contribution in [2.24, 2.45) is 18.7 Å². The average Bonchev–Trinajstić information content (AvgIpc) is 3.43. The highest BCUT2D eigenvalue weighted by Crippen LogP contribution is 2.32. The number of carbonyl (C=O) groups is 2. The maximum Gasteiger partial charge on any atom is 0.255 e. The Morgan fingerprint density at radius 3 is 2.42 bits per heavy atom. The fourth-order valence-corrected chi connectivity index (χ4v) is 6.22. The van der Waals surface area contributed by atoms with Crippen LogP contribution in [0.15, 0.2) is 36.5 Å². The topological polar surface area (TPSA) is 129 Å². The molecule has 1 unspecified atom stereocenters. The summed E-state index contributed by atoms with van der Waals surface area (Å²) in [6.45, 7) is 4.97. The van der Waals surface area contributed by atoms with Gasteiger partial charge in [0.1, 0.15) is 0 Å². The number of aliphatic hydroxyl groups is 1. The molecule has 0 saturated carbocycles. The number of hydrogen-bond donors (Lipinski definition) is 3. The monoisotopic (exact) mass is 645 g/mol. The summed E-state index contributed by atoms with van der Waals surface area (Å²) in [4.78, 5) is 36.4. The number of imidazole rings is 1. The highest BCUT2D eigenvalue weighted by atomic mass is 35.5. The second-order valence-electron chi connectivity index (χ2n) is 11.3. The Bertz CT molecular complexity index is 1540. The molecule has 2 fully saturated rings. The molecule has 0 radical (unpaired) electrons. The van der Waals surface area contributed by atoms with E-state index in [9.17, 15) is 23.5 Å². The number of anilines is 1. The van der Waals surface area contributed by atoms with Crippen LogP contribution in [-0.4, -0.2) is 101 Å². The van der Waals surface area contributed by atoms with Gasteiger partial charge in [0.2, 0.25) is 11.7 Å². The van der Waals surface area contributed by atoms with Crippen molar-refractivity contribution in [1.29, 1.82) is 0 Å². The molecule has 4 N–H and O–H groups in total. The van der Waals surface area contributed by atoms with Gasteiger partial charge in [-0.25, -0.2) is 9.37 Å². The maximum atomic E-state index is 14.7. The van der Waals surface area contributed by atoms with Gasteiger partial charge >= 0.3 is 0 Å². The van der Waals surface area contributed by atoms with Crippen molar-refractivity contribution in [1.82, 2.24) is 24.3 Å². The van der Waals surface area contributed by atoms with E-state index in [1.54, 1.807) is 24.1 Å². The lowest BCUT2D eigenvalue weighted by Crippen LogP contribution is -2.53. The summed E-state index contributed by atoms with van der Waals surface area (Å²) in [5, 5.41) is 13.9. The number of rotatable bonds is 9. The van der Waals surface area contributed by atoms with Gasteiger partial charge in [-0.3, -0.25) is 9.59 Å². The molecule has 0 spiro atoms. The number of nitrogens with two attached hydrogens (primary N) is 1. The lowest BCUT2D eigenvalue weighted by Gasteiger charge is -2.38. The molecule has 3 heterocycles. The van der Waals surface area contributed by atoms with E-state index in [0.29, 0.717) is 44.0 Å². The normalized spacial score (nSPS) is 17.0. The van der Waals surface area contributed by atoms with Crippen molar-refractivity contribution >= 4 is 29.1 Å². The quantitative estimate of drug-likeness (QED) is 0.303. The van der Waals surface area contributed by atoms with E-state index in [2.05, 4.69) is 15.2 Å². The van der Waals surface area contributed by atoms with Gasteiger partial charge in [-0.2, -0.15) is 4.39 Å². The molecular weight excluding hydrogens is 608 g/mol. The Morgan fingerprint density at radius 1 is 1.09 bits per heavy atom. The van der Waals surface area contributed by atoms with Gasteiger partial charge in [-0.15, -0.1) is 0 Å². The minimum Gasteiger partial charge on any atom is -0.494 e. The molecule has 1 atom stereocenters. The van der Waals surface area contributed by atoms with Crippen LogP contribution in [0.5, 0.6) is 5.75 Å². The van der Waals surface area contributed by atoms with E-state index in [-0.39, 0.29) is 45.6 Å². The molecular formula is C31H38ClF2N7O4. The minimum absolute atomic E-state index is 0.00933. The third kappa shape index (κ3) is 6.91. The molecule has 2 aliphatic rings. The molecule has 5 rings (SSSR count). The number of carbonyl (C=O) groups excluding carboxylic acids is 2. The second-order valence-corrected chi connectivity index (χ2v) is 11.7. The highest BCUT2D eigenvalue weighted by molar-refractivity contribution is 6.34. The number of methoxy groups -OCH3 is 1. The Balaban J connectivity index is 1.18. The Morgan fingerprint density at radius 2 is 1.78 bits per heavy atom. The summed E-state index contributed by atoms with van der Waals surface area (Å²) in [5.74, 6) is -2.36. The van der Waals surface area contributed by atoms with E-state index in [1.807, 2.05) is 4.90 Å². The standard InChI is InChI=1S/C31H38ClF2N7O4/c1-38-24(22-5-6-25(45-2)27(34)26(22)33)18-36-28(38)29(42)37-20-3-4-21(23(32)17-20)31(44)41-15-13-40(14-16-41)30(43)19-7-10-39(11-8-19)12-9-35/h3-6,17-19,29,37,42H,7-16,35H2,1-2H3. The van der Waals surface area contributed by atoms with Crippen molar-refractivity contribution in [2.45, 2.75) is 19.1 Å². The number of piperidine rings is 1. The molecule has 45 heavy (non-hydrogen) atoms. The van der Waals surface area contributed by atoms with Crippen molar-refractivity contribution in [3.63, 3.8) is 0 Å². The van der Waals surface area contributed by atoms with Gasteiger partial charge in [0, 0.05) is 63.5 Å². The third-order valence-electron chi connectivity index (χ3n) is 8.58. The predicted octanol–water partition coefficient (Wildman–Crippen LogP) is 3.09. The molecule has 11 nitrogen and oxygen atoms in total. The van der Waals surface area contributed by atoms with Crippen LogP contribution < -0.4 is 15.8 Å². The molecule has 2 amide bonds. The van der Waals surface area contributed by atoms with Crippen LogP contribution in [0.2, 0.25) is 5.02 Å². The van der Waals surface area contributed by atoms with E-state index in [4.69, 9.17) is 22.1 Å². The van der Waals surface area contributed by atoms with E-state index < -0.39 is 17.9 Å². The van der Waals surface area contributed by atoms with Gasteiger partial charge in [0.25, 0.3) is 5.91 Å². The van der Waals surface area contributed by atoms with E-state index >= 15 is 0 Å². The number of piperazine rings is 1. The first kappa shape index (κ1) is 32.6. The van der Waals surface area contributed by atoms with Crippen LogP contribution in [-0.2, 0) is 11.8 Å². The number of nitrogens with zero attached hydrogens (tertiary/aromatic N) is 5. The maximum absolute atomic E-state index is 14.7. The summed E-state index contributed by atoms with van der Waals surface area (Å²) in [5.41, 5.74) is 6.58. The van der Waals surface area contributed by atoms with Crippen molar-refractivity contribution < 1.29 is 28.2 Å². The largest absolute Gasteiger partial charge is 0.494 e. The molecule has 1 aromatic heterocycles. The predicted molar refractivity (Wildman–Crippen MR) is 166 cm³/mol. The summed E-state index contributed by atoms with van der Waals surface area (Å²) in [7, 11) is 2.81. The minimum atomic E-state index is -1.33. The van der Waals surface area contributed by atoms with Crippen LogP contribution in [0.4, 0.5) is 14.5 Å². The molecule has 0 bridgehead atoms. The zero-order valence-electron chi connectivity index (χ0n) is 25.3. The lowest BCUT2D eigenvalue weighted by atomic mass is 9.95. The molecule has 0 aliphatic carbocycles. The van der Waals surface area contributed by atoms with Crippen LogP contribution in [0, 0.1) is 17.6 Å². The fraction of sp³-hybridized carbons (Fsp3) is 0.452. The number of amides is 2. The number of aliphatic hydroxyl groups excluding tert-OH is 1. The summed E-state index contributed by atoms with van der Waals surface area (Å²) in [6.07, 6.45) is 1.65. The number of nitrogens with one attached hydrogen (secondary N) is 1. The number of hydrogen-bond acceptors (Lipinski definition) is 8. The SMILES string of the molecule is COc1ccc(-c2cnc(C(O)Nc3ccc(C(=O)N4CCN(C(=O)C5CCN(CCN)CC5)CC4)c(Cl)c3)n2C)c(F)c1F. The first-order valence-electron chi connectivity index (χ1n) is 14.9. The first-order valence-corrected chi connectivity index (χ1v) is 15.3. The molecule has 242 valence electrons. The van der Waals surface area contributed by atoms with Crippen LogP contribution >= 0.6 is 11.6 Å². The molecule has 2 aliphatic heterocycles. The number of aromatic nitrogens is 2. The van der Waals surface area contributed by atoms with Gasteiger partial charge < -0.3 is 40.2 Å². The van der Waals surface area contributed by atoms with Crippen LogP contribution in [0.3, 0.4) is 0 Å². The van der Waals surface area contributed by atoms with Crippen LogP contribution in [0.1, 0.15) is 35.3 Å². The van der Waals surface area contributed by atoms with E-state index in [1.165, 1.54) is 36.1 Å². The molecule has 14 heteroatoms. The second kappa shape index (κ2) is 14.1.